The zero-order valence-electron chi connectivity index (χ0n) is 27.7. The molecule has 0 radical (unpaired) electrons. The van der Waals surface area contributed by atoms with Crippen molar-refractivity contribution in [3.05, 3.63) is 118 Å². The van der Waals surface area contributed by atoms with Gasteiger partial charge in [0.1, 0.15) is 0 Å². The van der Waals surface area contributed by atoms with Gasteiger partial charge in [0.2, 0.25) is 0 Å². The standard InChI is InChI=1S/C40H56O/c1-30(19-13-20-32(3)24-25-35-33(4)23-15-26-38(35,6)7)17-11-12-18-31(2)21-14-22-34(5)36-29-37-39(8,9)27-16-28-40(37,10)41-36/h11-14,17-22,24-25,29,36H,15-16,23,26-28H2,1-10H3/b12-11+,19-13+,21-14+,25-24+,30-17+,31-18+,32-20+,34-22+/t36-,40+/m1/s1. The van der Waals surface area contributed by atoms with E-state index in [0.29, 0.717) is 0 Å². The molecule has 0 bridgehead atoms. The number of ether oxygens (including phenoxy) is 1. The summed E-state index contributed by atoms with van der Waals surface area (Å²) >= 11 is 0. The van der Waals surface area contributed by atoms with Gasteiger partial charge in [0.15, 0.2) is 0 Å². The van der Waals surface area contributed by atoms with E-state index in [4.69, 9.17) is 4.74 Å². The SMILES string of the molecule is CC1=C(/C=C/C(C)=C/C=C/C(C)=C/C=C/C=C(C)/C=C/C=C(\C)[C@H]2C=C3C(C)(C)CCC[C@]3(C)O2)C(C)(C)CCC1. The van der Waals surface area contributed by atoms with Gasteiger partial charge < -0.3 is 4.74 Å². The highest BCUT2D eigenvalue weighted by Gasteiger charge is 2.47. The van der Waals surface area contributed by atoms with Crippen LogP contribution < -0.4 is 0 Å². The summed E-state index contributed by atoms with van der Waals surface area (Å²) in [6, 6.07) is 0. The second-order valence-electron chi connectivity index (χ2n) is 14.1. The molecular weight excluding hydrogens is 496 g/mol. The van der Waals surface area contributed by atoms with Crippen molar-refractivity contribution in [2.24, 2.45) is 10.8 Å². The van der Waals surface area contributed by atoms with Gasteiger partial charge in [-0.05, 0) is 114 Å². The third kappa shape index (κ3) is 9.17. The van der Waals surface area contributed by atoms with Crippen LogP contribution >= 0.6 is 0 Å². The first kappa shape index (κ1) is 32.9. The number of hydrogen-bond acceptors (Lipinski definition) is 1. The van der Waals surface area contributed by atoms with Crippen LogP contribution in [0.4, 0.5) is 0 Å². The fourth-order valence-electron chi connectivity index (χ4n) is 6.67. The Morgan fingerprint density at radius 3 is 1.88 bits per heavy atom. The molecule has 3 rings (SSSR count). The Hall–Kier alpha value is -2.64. The van der Waals surface area contributed by atoms with Crippen LogP contribution in [-0.2, 0) is 4.74 Å². The summed E-state index contributed by atoms with van der Waals surface area (Å²) in [6.45, 7) is 22.7. The number of allylic oxidation sites excluding steroid dienone is 17. The Morgan fingerprint density at radius 1 is 0.707 bits per heavy atom. The van der Waals surface area contributed by atoms with Gasteiger partial charge in [-0.3, -0.25) is 0 Å². The zero-order valence-corrected chi connectivity index (χ0v) is 27.7. The number of fused-ring (bicyclic) bond motifs is 1. The summed E-state index contributed by atoms with van der Waals surface area (Å²) < 4.78 is 6.56. The Kier molecular flexibility index (Phi) is 11.2. The second kappa shape index (κ2) is 14.0. The minimum atomic E-state index is -0.0952. The average molecular weight is 553 g/mol. The van der Waals surface area contributed by atoms with Gasteiger partial charge in [0.25, 0.3) is 0 Å². The largest absolute Gasteiger partial charge is 0.359 e. The molecule has 1 aliphatic heterocycles. The van der Waals surface area contributed by atoms with E-state index in [1.165, 1.54) is 65.5 Å². The van der Waals surface area contributed by atoms with E-state index in [2.05, 4.69) is 148 Å². The first-order valence-electron chi connectivity index (χ1n) is 15.7. The van der Waals surface area contributed by atoms with Crippen molar-refractivity contribution in [1.29, 1.82) is 0 Å². The first-order valence-corrected chi connectivity index (χ1v) is 15.7. The van der Waals surface area contributed by atoms with Crippen LogP contribution in [-0.4, -0.2) is 11.7 Å². The summed E-state index contributed by atoms with van der Waals surface area (Å²) in [5.41, 5.74) is 9.97. The highest BCUT2D eigenvalue weighted by Crippen LogP contribution is 2.51. The van der Waals surface area contributed by atoms with Crippen LogP contribution in [0.2, 0.25) is 0 Å². The predicted molar refractivity (Wildman–Crippen MR) is 181 cm³/mol. The normalized spacial score (nSPS) is 28.0. The molecule has 222 valence electrons. The van der Waals surface area contributed by atoms with Crippen molar-refractivity contribution in [1.82, 2.24) is 0 Å². The molecule has 3 aliphatic rings. The fourth-order valence-corrected chi connectivity index (χ4v) is 6.67. The van der Waals surface area contributed by atoms with Crippen LogP contribution in [0.3, 0.4) is 0 Å². The average Bonchev–Trinajstić information content (AvgIpc) is 3.25. The van der Waals surface area contributed by atoms with E-state index in [-0.39, 0.29) is 22.5 Å². The molecule has 41 heavy (non-hydrogen) atoms. The topological polar surface area (TPSA) is 9.23 Å². The number of hydrogen-bond donors (Lipinski definition) is 0. The molecule has 1 heterocycles. The molecule has 1 heteroatoms. The third-order valence-electron chi connectivity index (χ3n) is 9.23. The molecule has 0 saturated heterocycles. The van der Waals surface area contributed by atoms with Crippen molar-refractivity contribution >= 4 is 0 Å². The minimum Gasteiger partial charge on any atom is -0.359 e. The van der Waals surface area contributed by atoms with Gasteiger partial charge in [-0.25, -0.2) is 0 Å². The molecule has 0 aromatic carbocycles. The van der Waals surface area contributed by atoms with Crippen LogP contribution in [0.25, 0.3) is 0 Å². The molecule has 1 nitrogen and oxygen atoms in total. The Labute approximate surface area is 252 Å². The van der Waals surface area contributed by atoms with E-state index >= 15 is 0 Å². The number of rotatable bonds is 9. The molecule has 2 atom stereocenters. The molecular formula is C40H56O. The lowest BCUT2D eigenvalue weighted by Gasteiger charge is -2.42. The van der Waals surface area contributed by atoms with Crippen LogP contribution in [0.1, 0.15) is 108 Å². The van der Waals surface area contributed by atoms with Crippen molar-refractivity contribution in [3.8, 4) is 0 Å². The molecule has 0 N–H and O–H groups in total. The Balaban J connectivity index is 1.51. The summed E-state index contributed by atoms with van der Waals surface area (Å²) in [4.78, 5) is 0. The molecule has 0 amide bonds. The van der Waals surface area contributed by atoms with Crippen molar-refractivity contribution in [2.45, 2.75) is 119 Å². The maximum Gasteiger partial charge on any atom is 0.0982 e. The molecule has 0 unspecified atom stereocenters. The van der Waals surface area contributed by atoms with Gasteiger partial charge in [-0.1, -0.05) is 123 Å². The van der Waals surface area contributed by atoms with Gasteiger partial charge >= 0.3 is 0 Å². The van der Waals surface area contributed by atoms with Gasteiger partial charge in [-0.15, -0.1) is 0 Å². The van der Waals surface area contributed by atoms with Crippen LogP contribution in [0, 0.1) is 10.8 Å². The molecule has 0 aromatic rings. The van der Waals surface area contributed by atoms with E-state index in [0.717, 1.165) is 6.42 Å². The molecule has 0 spiro atoms. The molecule has 1 fully saturated rings. The van der Waals surface area contributed by atoms with Crippen LogP contribution in [0.5, 0.6) is 0 Å². The fraction of sp³-hybridized carbons (Fsp3) is 0.500. The zero-order chi connectivity index (χ0) is 30.3. The molecule has 0 aromatic heterocycles. The highest BCUT2D eigenvalue weighted by molar-refractivity contribution is 5.38. The summed E-state index contributed by atoms with van der Waals surface area (Å²) in [6.07, 6.45) is 36.0. The predicted octanol–water partition coefficient (Wildman–Crippen LogP) is 11.8. The van der Waals surface area contributed by atoms with Gasteiger partial charge in [0.05, 0.1) is 11.7 Å². The lowest BCUT2D eigenvalue weighted by Crippen LogP contribution is -2.39. The third-order valence-corrected chi connectivity index (χ3v) is 9.23. The first-order chi connectivity index (χ1) is 19.2. The molecule has 2 aliphatic carbocycles. The lowest BCUT2D eigenvalue weighted by atomic mass is 9.67. The maximum atomic E-state index is 6.56. The van der Waals surface area contributed by atoms with Gasteiger partial charge in [0, 0.05) is 0 Å². The molecule has 1 saturated carbocycles. The van der Waals surface area contributed by atoms with Crippen molar-refractivity contribution in [3.63, 3.8) is 0 Å². The van der Waals surface area contributed by atoms with Gasteiger partial charge in [-0.2, -0.15) is 0 Å². The van der Waals surface area contributed by atoms with E-state index < -0.39 is 0 Å². The summed E-state index contributed by atoms with van der Waals surface area (Å²) in [7, 11) is 0. The second-order valence-corrected chi connectivity index (χ2v) is 14.1. The Morgan fingerprint density at radius 2 is 1.27 bits per heavy atom. The van der Waals surface area contributed by atoms with E-state index in [1.54, 1.807) is 5.57 Å². The van der Waals surface area contributed by atoms with Crippen molar-refractivity contribution < 1.29 is 4.74 Å². The highest BCUT2D eigenvalue weighted by atomic mass is 16.5. The van der Waals surface area contributed by atoms with E-state index in [9.17, 15) is 0 Å². The van der Waals surface area contributed by atoms with E-state index in [1.807, 2.05) is 0 Å². The van der Waals surface area contributed by atoms with Crippen LogP contribution in [0.15, 0.2) is 118 Å². The summed E-state index contributed by atoms with van der Waals surface area (Å²) in [5.74, 6) is 0. The quantitative estimate of drug-likeness (QED) is 0.204. The van der Waals surface area contributed by atoms with Crippen molar-refractivity contribution in [2.75, 3.05) is 0 Å². The summed E-state index contributed by atoms with van der Waals surface area (Å²) in [5, 5.41) is 0. The monoisotopic (exact) mass is 552 g/mol. The smallest absolute Gasteiger partial charge is 0.0982 e. The Bertz CT molecular complexity index is 1260. The lowest BCUT2D eigenvalue weighted by molar-refractivity contribution is -0.0307. The maximum absolute atomic E-state index is 6.56. The minimum absolute atomic E-state index is 0.0858.